The Morgan fingerprint density at radius 1 is 1.60 bits per heavy atom. The number of carbonyl (C=O) groups is 2. The molecular weight excluding hydrogens is 278 g/mol. The van der Waals surface area contributed by atoms with E-state index in [9.17, 15) is 9.59 Å². The summed E-state index contributed by atoms with van der Waals surface area (Å²) in [5.41, 5.74) is 0.562. The molecule has 2 N–H and O–H groups in total. The number of nitrogens with one attached hydrogen (secondary N) is 1. The van der Waals surface area contributed by atoms with Gasteiger partial charge in [0, 0.05) is 35.4 Å². The minimum absolute atomic E-state index is 0.129. The van der Waals surface area contributed by atoms with Gasteiger partial charge in [-0.25, -0.2) is 4.79 Å². The number of aliphatic carboxylic acids is 1. The van der Waals surface area contributed by atoms with Crippen LogP contribution in [0.3, 0.4) is 0 Å². The van der Waals surface area contributed by atoms with Crippen molar-refractivity contribution >= 4 is 29.3 Å². The fourth-order valence-electron chi connectivity index (χ4n) is 2.08. The molecule has 0 aliphatic carbocycles. The molecule has 2 unspecified atom stereocenters. The minimum Gasteiger partial charge on any atom is -0.478 e. The van der Waals surface area contributed by atoms with E-state index in [2.05, 4.69) is 5.32 Å². The van der Waals surface area contributed by atoms with Gasteiger partial charge in [-0.3, -0.25) is 4.79 Å². The molecule has 2 rings (SSSR count). The molecule has 1 fully saturated rings. The molecule has 0 aromatic carbocycles. The summed E-state index contributed by atoms with van der Waals surface area (Å²) in [4.78, 5) is 23.1. The third-order valence-electron chi connectivity index (χ3n) is 3.33. The van der Waals surface area contributed by atoms with Crippen LogP contribution >= 0.6 is 11.3 Å². The van der Waals surface area contributed by atoms with Crippen LogP contribution in [-0.4, -0.2) is 36.2 Å². The first-order valence-electron chi connectivity index (χ1n) is 6.45. The van der Waals surface area contributed by atoms with Crippen molar-refractivity contribution in [1.82, 2.24) is 5.32 Å². The van der Waals surface area contributed by atoms with Gasteiger partial charge in [0.2, 0.25) is 0 Å². The van der Waals surface area contributed by atoms with Crippen LogP contribution < -0.4 is 5.32 Å². The first-order valence-corrected chi connectivity index (χ1v) is 7.33. The topological polar surface area (TPSA) is 75.6 Å². The molecule has 1 amide bonds. The maximum Gasteiger partial charge on any atom is 0.328 e. The van der Waals surface area contributed by atoms with Gasteiger partial charge in [0.25, 0.3) is 5.91 Å². The zero-order chi connectivity index (χ0) is 14.5. The summed E-state index contributed by atoms with van der Waals surface area (Å²) in [5, 5.41) is 13.2. The average molecular weight is 295 g/mol. The Morgan fingerprint density at radius 3 is 3.05 bits per heavy atom. The molecule has 1 aromatic rings. The molecule has 1 aliphatic rings. The largest absolute Gasteiger partial charge is 0.478 e. The van der Waals surface area contributed by atoms with E-state index < -0.39 is 5.97 Å². The molecule has 2 heterocycles. The molecule has 1 saturated heterocycles. The maximum atomic E-state index is 12.0. The van der Waals surface area contributed by atoms with Crippen LogP contribution in [0, 0.1) is 5.92 Å². The van der Waals surface area contributed by atoms with E-state index in [-0.39, 0.29) is 12.0 Å². The molecule has 5 nitrogen and oxygen atoms in total. The summed E-state index contributed by atoms with van der Waals surface area (Å²) in [5.74, 6) is -0.765. The molecule has 0 radical (unpaired) electrons. The molecule has 0 bridgehead atoms. The lowest BCUT2D eigenvalue weighted by molar-refractivity contribution is -0.131. The first kappa shape index (κ1) is 14.7. The second kappa shape index (κ2) is 6.67. The summed E-state index contributed by atoms with van der Waals surface area (Å²) in [7, 11) is 0. The van der Waals surface area contributed by atoms with Crippen molar-refractivity contribution < 1.29 is 19.4 Å². The lowest BCUT2D eigenvalue weighted by Gasteiger charge is -2.14. The monoisotopic (exact) mass is 295 g/mol. The molecule has 1 aromatic heterocycles. The van der Waals surface area contributed by atoms with Crippen molar-refractivity contribution in [1.29, 1.82) is 0 Å². The third kappa shape index (κ3) is 3.91. The van der Waals surface area contributed by atoms with E-state index in [1.165, 1.54) is 17.4 Å². The first-order chi connectivity index (χ1) is 9.56. The van der Waals surface area contributed by atoms with Crippen LogP contribution in [0.4, 0.5) is 0 Å². The fraction of sp³-hybridized carbons (Fsp3) is 0.429. The number of ether oxygens (including phenoxy) is 1. The number of carboxylic acid groups (broad SMARTS) is 1. The van der Waals surface area contributed by atoms with Crippen LogP contribution in [0.25, 0.3) is 6.08 Å². The van der Waals surface area contributed by atoms with Crippen molar-refractivity contribution in [3.63, 3.8) is 0 Å². The van der Waals surface area contributed by atoms with Crippen molar-refractivity contribution in [2.24, 2.45) is 5.92 Å². The van der Waals surface area contributed by atoms with E-state index in [4.69, 9.17) is 9.84 Å². The second-order valence-corrected chi connectivity index (χ2v) is 5.69. The predicted molar refractivity (Wildman–Crippen MR) is 76.8 cm³/mol. The van der Waals surface area contributed by atoms with Gasteiger partial charge in [0.05, 0.1) is 11.7 Å². The normalized spacial score (nSPS) is 22.2. The van der Waals surface area contributed by atoms with Gasteiger partial charge in [-0.2, -0.15) is 0 Å². The molecule has 0 saturated carbocycles. The van der Waals surface area contributed by atoms with Crippen LogP contribution in [-0.2, 0) is 9.53 Å². The van der Waals surface area contributed by atoms with Crippen LogP contribution in [0.2, 0.25) is 0 Å². The zero-order valence-corrected chi connectivity index (χ0v) is 12.0. The Balaban J connectivity index is 1.87. The summed E-state index contributed by atoms with van der Waals surface area (Å²) in [6, 6.07) is 1.69. The molecule has 20 heavy (non-hydrogen) atoms. The number of carboxylic acids is 1. The van der Waals surface area contributed by atoms with Crippen LogP contribution in [0.5, 0.6) is 0 Å². The van der Waals surface area contributed by atoms with Crippen molar-refractivity contribution in [2.45, 2.75) is 19.4 Å². The van der Waals surface area contributed by atoms with Crippen LogP contribution in [0.15, 0.2) is 17.5 Å². The summed E-state index contributed by atoms with van der Waals surface area (Å²) in [6.45, 7) is 3.38. The van der Waals surface area contributed by atoms with Gasteiger partial charge in [-0.15, -0.1) is 11.3 Å². The average Bonchev–Trinajstić information content (AvgIpc) is 3.02. The Kier molecular flexibility index (Phi) is 4.92. The highest BCUT2D eigenvalue weighted by Gasteiger charge is 2.24. The quantitative estimate of drug-likeness (QED) is 0.815. The molecule has 108 valence electrons. The standard InChI is InChI=1S/C14H17NO4S/c1-9-10(4-5-19-9)7-15-14(18)11-6-12(20-8-11)2-3-13(16)17/h2-3,6,8-10H,4-5,7H2,1H3,(H,15,18)(H,16,17)/b3-2+. The molecule has 0 spiro atoms. The van der Waals surface area contributed by atoms with E-state index in [1.807, 2.05) is 6.92 Å². The zero-order valence-electron chi connectivity index (χ0n) is 11.2. The van der Waals surface area contributed by atoms with Gasteiger partial charge in [-0.05, 0) is 25.5 Å². The van der Waals surface area contributed by atoms with Gasteiger partial charge in [0.1, 0.15) is 0 Å². The number of amides is 1. The maximum absolute atomic E-state index is 12.0. The molecule has 1 aliphatic heterocycles. The number of hydrogen-bond acceptors (Lipinski definition) is 4. The van der Waals surface area contributed by atoms with Gasteiger partial charge in [-0.1, -0.05) is 0 Å². The van der Waals surface area contributed by atoms with E-state index in [0.29, 0.717) is 18.0 Å². The summed E-state index contributed by atoms with van der Waals surface area (Å²) in [6.07, 6.45) is 3.70. The van der Waals surface area contributed by atoms with Gasteiger partial charge >= 0.3 is 5.97 Å². The SMILES string of the molecule is CC1OCCC1CNC(=O)c1csc(/C=C/C(=O)O)c1. The lowest BCUT2D eigenvalue weighted by atomic mass is 10.0. The molecule has 6 heteroatoms. The predicted octanol–water partition coefficient (Wildman–Crippen LogP) is 2.00. The minimum atomic E-state index is -1.00. The van der Waals surface area contributed by atoms with Gasteiger partial charge in [0.15, 0.2) is 0 Å². The Bertz CT molecular complexity index is 523. The number of hydrogen-bond donors (Lipinski definition) is 2. The fourth-order valence-corrected chi connectivity index (χ4v) is 2.86. The van der Waals surface area contributed by atoms with Crippen molar-refractivity contribution in [3.8, 4) is 0 Å². The number of thiophene rings is 1. The number of rotatable bonds is 5. The second-order valence-electron chi connectivity index (χ2n) is 4.74. The number of carbonyl (C=O) groups excluding carboxylic acids is 1. The van der Waals surface area contributed by atoms with Crippen LogP contribution in [0.1, 0.15) is 28.6 Å². The summed E-state index contributed by atoms with van der Waals surface area (Å²) >= 11 is 1.34. The highest BCUT2D eigenvalue weighted by molar-refractivity contribution is 7.11. The third-order valence-corrected chi connectivity index (χ3v) is 4.23. The molecule has 2 atom stereocenters. The van der Waals surface area contributed by atoms with E-state index in [1.54, 1.807) is 11.4 Å². The lowest BCUT2D eigenvalue weighted by Crippen LogP contribution is -2.31. The molecular formula is C14H17NO4S. The Labute approximate surface area is 121 Å². The smallest absolute Gasteiger partial charge is 0.328 e. The Morgan fingerprint density at radius 2 is 2.40 bits per heavy atom. The highest BCUT2D eigenvalue weighted by Crippen LogP contribution is 2.20. The van der Waals surface area contributed by atoms with Crippen molar-refractivity contribution in [2.75, 3.05) is 13.2 Å². The van der Waals surface area contributed by atoms with Crippen molar-refractivity contribution in [3.05, 3.63) is 28.0 Å². The summed E-state index contributed by atoms with van der Waals surface area (Å²) < 4.78 is 5.45. The Hall–Kier alpha value is -1.66. The highest BCUT2D eigenvalue weighted by atomic mass is 32.1. The van der Waals surface area contributed by atoms with Gasteiger partial charge < -0.3 is 15.2 Å². The van der Waals surface area contributed by atoms with E-state index >= 15 is 0 Å². The van der Waals surface area contributed by atoms with E-state index in [0.717, 1.165) is 24.0 Å².